The number of aromatic nitrogens is 3. The van der Waals surface area contributed by atoms with Gasteiger partial charge in [-0.05, 0) is 24.0 Å². The number of pyridine rings is 1. The molecule has 2 N–H and O–H groups in total. The van der Waals surface area contributed by atoms with Gasteiger partial charge in [-0.3, -0.25) is 9.89 Å². The molecular formula is C23H20FN3O4. The normalized spacial score (nSPS) is 15.7. The average Bonchev–Trinajstić information content (AvgIpc) is 3.36. The molecule has 0 fully saturated rings. The summed E-state index contributed by atoms with van der Waals surface area (Å²) >= 11 is 0. The number of carboxylic acids is 1. The Morgan fingerprint density at radius 2 is 2.10 bits per heavy atom. The maximum Gasteiger partial charge on any atom is 0.341 e. The molecule has 8 heteroatoms. The van der Waals surface area contributed by atoms with Gasteiger partial charge < -0.3 is 14.1 Å². The second-order valence-electron chi connectivity index (χ2n) is 8.90. The summed E-state index contributed by atoms with van der Waals surface area (Å²) in [6.07, 6.45) is 3.38. The van der Waals surface area contributed by atoms with Crippen LogP contribution < -0.4 is 5.43 Å². The van der Waals surface area contributed by atoms with Crippen molar-refractivity contribution in [2.45, 2.75) is 33.2 Å². The van der Waals surface area contributed by atoms with E-state index in [1.807, 2.05) is 45.0 Å². The molecule has 0 saturated heterocycles. The molecule has 5 rings (SSSR count). The standard InChI is InChI=1S/C23H20FN3O4/c1-23(2,3)16-9-13-11-5-4-6-12(15-7-8-25-26-15)20(11)31-21(13)18-17(24)19(28)14(22(29)30)10-27(16)18/h4-8,10,16H,9H2,1-3H3,(H,25,26)(H,29,30)/t16-/m0/s1. The number of carboxylic acid groups (broad SMARTS) is 1. The van der Waals surface area contributed by atoms with E-state index in [9.17, 15) is 14.7 Å². The third-order valence-electron chi connectivity index (χ3n) is 5.97. The van der Waals surface area contributed by atoms with Crippen molar-refractivity contribution in [3.8, 4) is 22.7 Å². The Hall–Kier alpha value is -3.68. The zero-order valence-electron chi connectivity index (χ0n) is 17.2. The number of rotatable bonds is 2. The van der Waals surface area contributed by atoms with Crippen molar-refractivity contribution in [2.24, 2.45) is 5.41 Å². The van der Waals surface area contributed by atoms with Gasteiger partial charge in [0.15, 0.2) is 11.6 Å². The minimum Gasteiger partial charge on any atom is -0.477 e. The molecule has 0 radical (unpaired) electrons. The lowest BCUT2D eigenvalue weighted by atomic mass is 9.79. The van der Waals surface area contributed by atoms with E-state index in [2.05, 4.69) is 10.2 Å². The van der Waals surface area contributed by atoms with Crippen LogP contribution in [0.15, 0.2) is 45.9 Å². The van der Waals surface area contributed by atoms with Crippen molar-refractivity contribution in [2.75, 3.05) is 0 Å². The molecule has 1 aliphatic heterocycles. The predicted octanol–water partition coefficient (Wildman–Crippen LogP) is 4.63. The summed E-state index contributed by atoms with van der Waals surface area (Å²) in [6.45, 7) is 6.00. The minimum absolute atomic E-state index is 0.0112. The van der Waals surface area contributed by atoms with Crippen molar-refractivity contribution in [1.82, 2.24) is 14.8 Å². The van der Waals surface area contributed by atoms with Crippen LogP contribution in [0.4, 0.5) is 4.39 Å². The van der Waals surface area contributed by atoms with Crippen LogP contribution in [0.2, 0.25) is 0 Å². The summed E-state index contributed by atoms with van der Waals surface area (Å²) in [7, 11) is 0. The summed E-state index contributed by atoms with van der Waals surface area (Å²) in [4.78, 5) is 24.1. The third-order valence-corrected chi connectivity index (χ3v) is 5.97. The number of nitrogens with zero attached hydrogens (tertiary/aromatic N) is 2. The maximum absolute atomic E-state index is 15.4. The molecule has 0 spiro atoms. The first-order chi connectivity index (χ1) is 14.7. The van der Waals surface area contributed by atoms with Crippen LogP contribution in [0.5, 0.6) is 0 Å². The van der Waals surface area contributed by atoms with E-state index >= 15 is 4.39 Å². The van der Waals surface area contributed by atoms with E-state index in [1.165, 1.54) is 6.20 Å². The van der Waals surface area contributed by atoms with Crippen molar-refractivity contribution >= 4 is 16.9 Å². The first-order valence-electron chi connectivity index (χ1n) is 9.91. The van der Waals surface area contributed by atoms with Crippen LogP contribution in [0.1, 0.15) is 42.7 Å². The number of carbonyl (C=O) groups is 1. The van der Waals surface area contributed by atoms with Gasteiger partial charge in [0.2, 0.25) is 5.43 Å². The third kappa shape index (κ3) is 2.74. The Morgan fingerprint density at radius 1 is 1.32 bits per heavy atom. The molecule has 1 aliphatic rings. The fourth-order valence-electron chi connectivity index (χ4n) is 4.41. The smallest absolute Gasteiger partial charge is 0.341 e. The first-order valence-corrected chi connectivity index (χ1v) is 9.91. The molecule has 4 heterocycles. The molecule has 0 aliphatic carbocycles. The lowest BCUT2D eigenvalue weighted by Crippen LogP contribution is -2.34. The highest BCUT2D eigenvalue weighted by molar-refractivity contribution is 5.97. The van der Waals surface area contributed by atoms with E-state index in [4.69, 9.17) is 4.42 Å². The number of hydrogen-bond acceptors (Lipinski definition) is 4. The summed E-state index contributed by atoms with van der Waals surface area (Å²) in [6, 6.07) is 7.22. The number of H-pyrrole nitrogens is 1. The topological polar surface area (TPSA) is 101 Å². The number of fused-ring (bicyclic) bond motifs is 5. The summed E-state index contributed by atoms with van der Waals surface area (Å²) in [5.74, 6) is -2.31. The van der Waals surface area contributed by atoms with Crippen LogP contribution in [0, 0.1) is 11.2 Å². The number of para-hydroxylation sites is 1. The molecule has 0 amide bonds. The number of aromatic carboxylic acids is 1. The summed E-state index contributed by atoms with van der Waals surface area (Å²) < 4.78 is 23.1. The highest BCUT2D eigenvalue weighted by Gasteiger charge is 2.39. The highest BCUT2D eigenvalue weighted by atomic mass is 19.1. The van der Waals surface area contributed by atoms with Crippen LogP contribution in [0.3, 0.4) is 0 Å². The highest BCUT2D eigenvalue weighted by Crippen LogP contribution is 2.47. The van der Waals surface area contributed by atoms with Gasteiger partial charge in [0.05, 0.1) is 5.69 Å². The van der Waals surface area contributed by atoms with Crippen molar-refractivity contribution < 1.29 is 18.7 Å². The van der Waals surface area contributed by atoms with E-state index in [-0.39, 0.29) is 22.9 Å². The Kier molecular flexibility index (Phi) is 3.99. The lowest BCUT2D eigenvalue weighted by Gasteiger charge is -2.37. The lowest BCUT2D eigenvalue weighted by molar-refractivity contribution is 0.0692. The van der Waals surface area contributed by atoms with E-state index in [1.54, 1.807) is 10.8 Å². The van der Waals surface area contributed by atoms with Crippen molar-refractivity contribution in [3.63, 3.8) is 0 Å². The van der Waals surface area contributed by atoms with Crippen LogP contribution >= 0.6 is 0 Å². The average molecular weight is 421 g/mol. The Bertz CT molecular complexity index is 1410. The van der Waals surface area contributed by atoms with Gasteiger partial charge in [-0.1, -0.05) is 32.9 Å². The van der Waals surface area contributed by atoms with Gasteiger partial charge in [-0.25, -0.2) is 9.18 Å². The molecule has 4 aromatic rings. The number of aromatic amines is 1. The number of furan rings is 1. The van der Waals surface area contributed by atoms with Crippen LogP contribution in [-0.2, 0) is 6.42 Å². The molecule has 0 bridgehead atoms. The zero-order valence-corrected chi connectivity index (χ0v) is 17.2. The SMILES string of the molecule is CC(C)(C)[C@@H]1Cc2c(oc3c(-c4ccn[nH]4)cccc23)-c2c(F)c(=O)c(C(=O)O)cn21. The van der Waals surface area contributed by atoms with E-state index in [0.717, 1.165) is 22.2 Å². The van der Waals surface area contributed by atoms with Gasteiger partial charge in [0.25, 0.3) is 0 Å². The molecule has 7 nitrogen and oxygen atoms in total. The second kappa shape index (κ2) is 6.41. The molecule has 1 atom stereocenters. The molecule has 1 aromatic carbocycles. The molecule has 158 valence electrons. The number of benzene rings is 1. The molecule has 0 saturated carbocycles. The molecule has 0 unspecified atom stereocenters. The van der Waals surface area contributed by atoms with Gasteiger partial charge >= 0.3 is 5.97 Å². The Labute approximate surface area is 176 Å². The molecular weight excluding hydrogens is 401 g/mol. The van der Waals surface area contributed by atoms with E-state index < -0.39 is 22.8 Å². The van der Waals surface area contributed by atoms with Crippen molar-refractivity contribution in [3.05, 3.63) is 63.8 Å². The Balaban J connectivity index is 1.88. The number of nitrogens with one attached hydrogen (secondary N) is 1. The fraction of sp³-hybridized carbons (Fsp3) is 0.261. The predicted molar refractivity (Wildman–Crippen MR) is 113 cm³/mol. The monoisotopic (exact) mass is 421 g/mol. The Morgan fingerprint density at radius 3 is 2.74 bits per heavy atom. The number of hydrogen-bond donors (Lipinski definition) is 2. The van der Waals surface area contributed by atoms with E-state index in [0.29, 0.717) is 12.0 Å². The van der Waals surface area contributed by atoms with Gasteiger partial charge in [-0.2, -0.15) is 5.10 Å². The number of halogens is 1. The van der Waals surface area contributed by atoms with Crippen molar-refractivity contribution in [1.29, 1.82) is 0 Å². The molecule has 31 heavy (non-hydrogen) atoms. The van der Waals surface area contributed by atoms with Crippen LogP contribution in [0.25, 0.3) is 33.7 Å². The van der Waals surface area contributed by atoms with Gasteiger partial charge in [0.1, 0.15) is 16.8 Å². The zero-order chi connectivity index (χ0) is 22.1. The van der Waals surface area contributed by atoms with Gasteiger partial charge in [-0.15, -0.1) is 0 Å². The second-order valence-corrected chi connectivity index (χ2v) is 8.90. The quantitative estimate of drug-likeness (QED) is 0.491. The maximum atomic E-state index is 15.4. The largest absolute Gasteiger partial charge is 0.477 e. The van der Waals surface area contributed by atoms with Crippen LogP contribution in [-0.4, -0.2) is 25.8 Å². The van der Waals surface area contributed by atoms with Gasteiger partial charge in [0, 0.05) is 34.9 Å². The summed E-state index contributed by atoms with van der Waals surface area (Å²) in [5, 5.41) is 17.2. The summed E-state index contributed by atoms with van der Waals surface area (Å²) in [5.41, 5.74) is 0.805. The minimum atomic E-state index is -1.45. The first kappa shape index (κ1) is 19.3. The molecule has 3 aromatic heterocycles. The fourth-order valence-corrected chi connectivity index (χ4v) is 4.41.